The van der Waals surface area contributed by atoms with Crippen molar-refractivity contribution in [2.24, 2.45) is 5.92 Å². The summed E-state index contributed by atoms with van der Waals surface area (Å²) in [5.74, 6) is 0.599. The molecule has 0 atom stereocenters. The molecule has 1 aliphatic carbocycles. The van der Waals surface area contributed by atoms with Crippen LogP contribution < -0.4 is 10.9 Å². The number of fused-ring (bicyclic) bond motifs is 3. The van der Waals surface area contributed by atoms with Gasteiger partial charge in [-0.3, -0.25) is 14.2 Å². The van der Waals surface area contributed by atoms with Gasteiger partial charge in [0.1, 0.15) is 4.83 Å². The number of carbonyl (C=O) groups is 1. The van der Waals surface area contributed by atoms with Crippen molar-refractivity contribution in [1.29, 1.82) is 0 Å². The highest BCUT2D eigenvalue weighted by Crippen LogP contribution is 2.35. The van der Waals surface area contributed by atoms with Gasteiger partial charge in [0.05, 0.1) is 16.8 Å². The number of nitrogens with one attached hydrogen (secondary N) is 1. The Morgan fingerprint density at radius 1 is 1.30 bits per heavy atom. The molecule has 1 amide bonds. The molecule has 0 aliphatic heterocycles. The molecule has 0 unspecified atom stereocenters. The van der Waals surface area contributed by atoms with Gasteiger partial charge < -0.3 is 5.32 Å². The molecule has 1 N–H and O–H groups in total. The van der Waals surface area contributed by atoms with Gasteiger partial charge in [-0.25, -0.2) is 4.98 Å². The Hall–Kier alpha value is -2.12. The second kappa shape index (κ2) is 8.94. The Morgan fingerprint density at radius 2 is 2.10 bits per heavy atom. The van der Waals surface area contributed by atoms with Crippen LogP contribution in [-0.2, 0) is 17.6 Å². The van der Waals surface area contributed by atoms with Crippen molar-refractivity contribution < 1.29 is 4.79 Å². The van der Waals surface area contributed by atoms with Crippen LogP contribution in [0.5, 0.6) is 0 Å². The van der Waals surface area contributed by atoms with Crippen molar-refractivity contribution in [1.82, 2.24) is 14.9 Å². The smallest absolute Gasteiger partial charge is 0.267 e. The maximum atomic E-state index is 13.7. The summed E-state index contributed by atoms with van der Waals surface area (Å²) in [5, 5.41) is 4.29. The molecule has 2 heterocycles. The van der Waals surface area contributed by atoms with Gasteiger partial charge in [0, 0.05) is 11.4 Å². The van der Waals surface area contributed by atoms with Crippen molar-refractivity contribution in [3.8, 4) is 5.69 Å². The normalized spacial score (nSPS) is 13.6. The molecular weight excluding hydrogens is 414 g/mol. The number of rotatable bonds is 6. The Bertz CT molecular complexity index is 1150. The minimum absolute atomic E-state index is 0.0184. The fourth-order valence-electron chi connectivity index (χ4n) is 3.78. The van der Waals surface area contributed by atoms with Crippen LogP contribution in [0, 0.1) is 12.8 Å². The number of hydrogen-bond donors (Lipinski definition) is 1. The van der Waals surface area contributed by atoms with Crippen LogP contribution in [0.15, 0.2) is 34.2 Å². The lowest BCUT2D eigenvalue weighted by atomic mass is 9.97. The molecule has 3 aromatic rings. The predicted octanol–water partition coefficient (Wildman–Crippen LogP) is 4.50. The molecule has 0 fully saturated rings. The summed E-state index contributed by atoms with van der Waals surface area (Å²) in [6.45, 7) is 6.79. The Kier molecular flexibility index (Phi) is 6.29. The highest BCUT2D eigenvalue weighted by Gasteiger charge is 2.23. The molecule has 0 radical (unpaired) electrons. The Morgan fingerprint density at radius 3 is 2.87 bits per heavy atom. The fraction of sp³-hybridized carbons (Fsp3) is 0.435. The van der Waals surface area contributed by atoms with Crippen LogP contribution in [0.4, 0.5) is 0 Å². The molecule has 0 saturated carbocycles. The largest absolute Gasteiger partial charge is 0.355 e. The van der Waals surface area contributed by atoms with E-state index in [-0.39, 0.29) is 17.2 Å². The predicted molar refractivity (Wildman–Crippen MR) is 125 cm³/mol. The van der Waals surface area contributed by atoms with Crippen molar-refractivity contribution >= 4 is 39.2 Å². The van der Waals surface area contributed by atoms with Gasteiger partial charge in [-0.05, 0) is 61.8 Å². The monoisotopic (exact) mass is 441 g/mol. The molecule has 0 spiro atoms. The molecular formula is C23H27N3O2S2. The van der Waals surface area contributed by atoms with Crippen LogP contribution in [0.3, 0.4) is 0 Å². The average Bonchev–Trinajstić information content (AvgIpc) is 3.09. The first-order valence-electron chi connectivity index (χ1n) is 10.5. The lowest BCUT2D eigenvalue weighted by Gasteiger charge is -2.14. The van der Waals surface area contributed by atoms with E-state index in [9.17, 15) is 9.59 Å². The van der Waals surface area contributed by atoms with Gasteiger partial charge in [0.15, 0.2) is 5.16 Å². The number of amides is 1. The molecule has 158 valence electrons. The van der Waals surface area contributed by atoms with E-state index in [4.69, 9.17) is 4.98 Å². The average molecular weight is 442 g/mol. The van der Waals surface area contributed by atoms with E-state index in [0.29, 0.717) is 17.6 Å². The maximum absolute atomic E-state index is 13.7. The topological polar surface area (TPSA) is 64.0 Å². The molecule has 0 saturated heterocycles. The minimum Gasteiger partial charge on any atom is -0.355 e. The number of carbonyl (C=O) groups excluding carboxylic acids is 1. The minimum atomic E-state index is -0.0377. The summed E-state index contributed by atoms with van der Waals surface area (Å²) in [6, 6.07) is 7.90. The summed E-state index contributed by atoms with van der Waals surface area (Å²) in [5.41, 5.74) is 3.05. The SMILES string of the molecule is Cc1cccc(-n2c(SCC(=O)NCC(C)C)nc3sc4c(c3c2=O)CCCC4)c1. The van der Waals surface area contributed by atoms with Crippen LogP contribution >= 0.6 is 23.1 Å². The number of aromatic nitrogens is 2. The summed E-state index contributed by atoms with van der Waals surface area (Å²) in [4.78, 5) is 32.9. The first kappa shape index (κ1) is 21.1. The standard InChI is InChI=1S/C23H27N3O2S2/c1-14(2)12-24-19(27)13-29-23-25-21-20(17-9-4-5-10-18(17)30-21)22(28)26(23)16-8-6-7-15(3)11-16/h6-8,11,14H,4-5,9-10,12-13H2,1-3H3,(H,24,27). The quantitative estimate of drug-likeness (QED) is 0.452. The number of benzene rings is 1. The fourth-order valence-corrected chi connectivity index (χ4v) is 5.92. The third-order valence-electron chi connectivity index (χ3n) is 5.26. The second-order valence-corrected chi connectivity index (χ2v) is 10.3. The molecule has 0 bridgehead atoms. The third-order valence-corrected chi connectivity index (χ3v) is 7.38. The zero-order valence-electron chi connectivity index (χ0n) is 17.7. The van der Waals surface area contributed by atoms with Gasteiger partial charge in [0.2, 0.25) is 5.91 Å². The molecule has 1 aromatic carbocycles. The van der Waals surface area contributed by atoms with Crippen molar-refractivity contribution in [2.45, 2.75) is 51.6 Å². The first-order chi connectivity index (χ1) is 14.4. The van der Waals surface area contributed by atoms with Crippen LogP contribution in [0.2, 0.25) is 0 Å². The molecule has 1 aliphatic rings. The van der Waals surface area contributed by atoms with E-state index < -0.39 is 0 Å². The van der Waals surface area contributed by atoms with E-state index in [1.807, 2.05) is 31.2 Å². The van der Waals surface area contributed by atoms with Gasteiger partial charge in [-0.15, -0.1) is 11.3 Å². The molecule has 5 nitrogen and oxygen atoms in total. The highest BCUT2D eigenvalue weighted by molar-refractivity contribution is 7.99. The van der Waals surface area contributed by atoms with Gasteiger partial charge >= 0.3 is 0 Å². The summed E-state index contributed by atoms with van der Waals surface area (Å²) in [7, 11) is 0. The zero-order chi connectivity index (χ0) is 21.3. The van der Waals surface area contributed by atoms with Crippen LogP contribution in [-0.4, -0.2) is 27.8 Å². The zero-order valence-corrected chi connectivity index (χ0v) is 19.3. The van der Waals surface area contributed by atoms with E-state index >= 15 is 0 Å². The van der Waals surface area contributed by atoms with E-state index in [0.717, 1.165) is 40.7 Å². The maximum Gasteiger partial charge on any atom is 0.267 e. The molecule has 7 heteroatoms. The number of hydrogen-bond acceptors (Lipinski definition) is 5. The summed E-state index contributed by atoms with van der Waals surface area (Å²) < 4.78 is 1.69. The van der Waals surface area contributed by atoms with E-state index in [1.54, 1.807) is 15.9 Å². The highest BCUT2D eigenvalue weighted by atomic mass is 32.2. The Labute approximate surface area is 184 Å². The van der Waals surface area contributed by atoms with Gasteiger partial charge in [0.25, 0.3) is 5.56 Å². The van der Waals surface area contributed by atoms with Gasteiger partial charge in [-0.1, -0.05) is 37.7 Å². The molecule has 2 aromatic heterocycles. The lowest BCUT2D eigenvalue weighted by Crippen LogP contribution is -2.29. The molecule has 4 rings (SSSR count). The number of aryl methyl sites for hydroxylation is 3. The molecule has 30 heavy (non-hydrogen) atoms. The van der Waals surface area contributed by atoms with Gasteiger partial charge in [-0.2, -0.15) is 0 Å². The van der Waals surface area contributed by atoms with Crippen molar-refractivity contribution in [2.75, 3.05) is 12.3 Å². The summed E-state index contributed by atoms with van der Waals surface area (Å²) >= 11 is 2.97. The lowest BCUT2D eigenvalue weighted by molar-refractivity contribution is -0.118. The number of thioether (sulfide) groups is 1. The third kappa shape index (κ3) is 4.32. The van der Waals surface area contributed by atoms with E-state index in [2.05, 4.69) is 19.2 Å². The first-order valence-corrected chi connectivity index (χ1v) is 12.3. The van der Waals surface area contributed by atoms with E-state index in [1.165, 1.54) is 28.6 Å². The van der Waals surface area contributed by atoms with Crippen LogP contribution in [0.25, 0.3) is 15.9 Å². The number of thiophene rings is 1. The number of nitrogens with zero attached hydrogens (tertiary/aromatic N) is 2. The Balaban J connectivity index is 1.78. The second-order valence-electron chi connectivity index (χ2n) is 8.25. The van der Waals surface area contributed by atoms with Crippen molar-refractivity contribution in [3.63, 3.8) is 0 Å². The van der Waals surface area contributed by atoms with Crippen LogP contribution in [0.1, 0.15) is 42.7 Å². The summed E-state index contributed by atoms with van der Waals surface area (Å²) in [6.07, 6.45) is 4.27. The van der Waals surface area contributed by atoms with Crippen molar-refractivity contribution in [3.05, 3.63) is 50.6 Å².